The molecule has 10 nitrogen and oxygen atoms in total. The zero-order valence-corrected chi connectivity index (χ0v) is 16.4. The van der Waals surface area contributed by atoms with Crippen molar-refractivity contribution >= 4 is 22.6 Å². The number of aromatic nitrogens is 4. The van der Waals surface area contributed by atoms with Crippen LogP contribution in [0.4, 0.5) is 5.69 Å². The molecule has 1 amide bonds. The molecule has 7 N–H and O–H groups in total. The first-order chi connectivity index (χ1) is 13.9. The third-order valence-electron chi connectivity index (χ3n) is 5.47. The molecular formula is C19H25N7O3. The fourth-order valence-electron chi connectivity index (χ4n) is 3.64. The van der Waals surface area contributed by atoms with Gasteiger partial charge in [-0.2, -0.15) is 5.10 Å². The highest BCUT2D eigenvalue weighted by atomic mass is 16.5. The number of rotatable bonds is 5. The number of fused-ring (bicyclic) bond motifs is 1. The molecule has 0 unspecified atom stereocenters. The summed E-state index contributed by atoms with van der Waals surface area (Å²) in [4.78, 5) is 20.6. The number of carbonyl (C=O) groups is 1. The zero-order valence-electron chi connectivity index (χ0n) is 16.4. The van der Waals surface area contributed by atoms with E-state index in [1.165, 1.54) is 0 Å². The summed E-state index contributed by atoms with van der Waals surface area (Å²) >= 11 is 0. The Morgan fingerprint density at radius 2 is 1.93 bits per heavy atom. The Balaban J connectivity index is 1.61. The highest BCUT2D eigenvalue weighted by molar-refractivity contribution is 6.00. The van der Waals surface area contributed by atoms with Crippen molar-refractivity contribution in [3.63, 3.8) is 0 Å². The van der Waals surface area contributed by atoms with Crippen LogP contribution >= 0.6 is 0 Å². The first-order valence-electron chi connectivity index (χ1n) is 9.45. The number of nitrogens with one attached hydrogen (secondary N) is 3. The molecule has 10 heteroatoms. The number of amides is 1. The smallest absolute Gasteiger partial charge is 0.244 e. The second kappa shape index (κ2) is 7.37. The number of nitrogens with two attached hydrogens (primary N) is 2. The number of aromatic amines is 2. The Morgan fingerprint density at radius 3 is 2.62 bits per heavy atom. The Labute approximate surface area is 167 Å². The summed E-state index contributed by atoms with van der Waals surface area (Å²) in [5, 5.41) is 9.92. The van der Waals surface area contributed by atoms with Gasteiger partial charge in [0.05, 0.1) is 36.5 Å². The van der Waals surface area contributed by atoms with Gasteiger partial charge >= 0.3 is 0 Å². The molecule has 0 saturated heterocycles. The van der Waals surface area contributed by atoms with E-state index in [1.807, 2.05) is 0 Å². The highest BCUT2D eigenvalue weighted by Crippen LogP contribution is 2.34. The SMILES string of the molecule is COc1cc2nc(-c3n[nH]cc3NC(=O)C3(N)CCC(N)CC3)[nH]c2cc1OC. The maximum absolute atomic E-state index is 12.8. The Bertz CT molecular complexity index is 993. The van der Waals surface area contributed by atoms with Crippen LogP contribution < -0.4 is 26.3 Å². The van der Waals surface area contributed by atoms with Crippen molar-refractivity contribution in [3.05, 3.63) is 18.3 Å². The number of hydrogen-bond donors (Lipinski definition) is 5. The van der Waals surface area contributed by atoms with Crippen molar-refractivity contribution in [2.75, 3.05) is 19.5 Å². The van der Waals surface area contributed by atoms with E-state index >= 15 is 0 Å². The molecule has 0 bridgehead atoms. The number of nitrogens with zero attached hydrogens (tertiary/aromatic N) is 2. The molecule has 1 saturated carbocycles. The number of ether oxygens (including phenoxy) is 2. The van der Waals surface area contributed by atoms with Crippen molar-refractivity contribution in [2.24, 2.45) is 11.5 Å². The van der Waals surface area contributed by atoms with Gasteiger partial charge in [0, 0.05) is 24.4 Å². The lowest BCUT2D eigenvalue weighted by Gasteiger charge is -2.34. The van der Waals surface area contributed by atoms with Gasteiger partial charge in [0.25, 0.3) is 0 Å². The predicted octanol–water partition coefficient (Wildman–Crippen LogP) is 1.51. The van der Waals surface area contributed by atoms with Gasteiger partial charge in [-0.25, -0.2) is 4.98 Å². The lowest BCUT2D eigenvalue weighted by molar-refractivity contribution is -0.122. The summed E-state index contributed by atoms with van der Waals surface area (Å²) in [7, 11) is 3.14. The normalized spacial score (nSPS) is 21.9. The van der Waals surface area contributed by atoms with Gasteiger partial charge < -0.3 is 31.2 Å². The van der Waals surface area contributed by atoms with Gasteiger partial charge in [0.15, 0.2) is 23.0 Å². The summed E-state index contributed by atoms with van der Waals surface area (Å²) in [6.45, 7) is 0. The van der Waals surface area contributed by atoms with Crippen LogP contribution in [-0.2, 0) is 4.79 Å². The van der Waals surface area contributed by atoms with Gasteiger partial charge in [0.2, 0.25) is 5.91 Å². The second-order valence-electron chi connectivity index (χ2n) is 7.40. The van der Waals surface area contributed by atoms with Crippen molar-refractivity contribution in [1.29, 1.82) is 0 Å². The lowest BCUT2D eigenvalue weighted by atomic mass is 9.80. The van der Waals surface area contributed by atoms with Crippen LogP contribution in [0.15, 0.2) is 18.3 Å². The minimum atomic E-state index is -0.932. The standard InChI is InChI=1S/C19H25N7O3/c1-28-14-7-11-12(8-15(14)29-2)24-17(23-11)16-13(9-22-26-16)25-18(27)19(21)5-3-10(20)4-6-19/h7-10H,3-6,20-21H2,1-2H3,(H,22,26)(H,23,24)(H,25,27). The number of benzene rings is 1. The monoisotopic (exact) mass is 399 g/mol. The third kappa shape index (κ3) is 3.52. The van der Waals surface area contributed by atoms with Gasteiger partial charge in [0.1, 0.15) is 0 Å². The van der Waals surface area contributed by atoms with E-state index in [2.05, 4.69) is 25.5 Å². The quantitative estimate of drug-likeness (QED) is 0.435. The summed E-state index contributed by atoms with van der Waals surface area (Å²) in [6, 6.07) is 3.68. The maximum atomic E-state index is 12.8. The molecule has 0 spiro atoms. The fraction of sp³-hybridized carbons (Fsp3) is 0.421. The fourth-order valence-corrected chi connectivity index (χ4v) is 3.64. The lowest BCUT2D eigenvalue weighted by Crippen LogP contribution is -2.54. The molecule has 1 aromatic carbocycles. The van der Waals surface area contributed by atoms with Crippen LogP contribution in [0.2, 0.25) is 0 Å². The molecule has 2 heterocycles. The molecule has 1 fully saturated rings. The Morgan fingerprint density at radius 1 is 1.24 bits per heavy atom. The molecule has 154 valence electrons. The van der Waals surface area contributed by atoms with E-state index in [1.54, 1.807) is 32.5 Å². The molecule has 4 rings (SSSR count). The van der Waals surface area contributed by atoms with Crippen LogP contribution in [-0.4, -0.2) is 51.9 Å². The third-order valence-corrected chi connectivity index (χ3v) is 5.47. The molecule has 3 aromatic rings. The summed E-state index contributed by atoms with van der Waals surface area (Å²) in [6.07, 6.45) is 4.18. The molecule has 0 radical (unpaired) electrons. The number of H-pyrrole nitrogens is 2. The van der Waals surface area contributed by atoms with Gasteiger partial charge in [-0.05, 0) is 25.7 Å². The summed E-state index contributed by atoms with van der Waals surface area (Å²) < 4.78 is 10.7. The molecule has 1 aliphatic carbocycles. The topological polar surface area (TPSA) is 157 Å². The Kier molecular flexibility index (Phi) is 4.89. The number of carbonyl (C=O) groups excluding carboxylic acids is 1. The number of methoxy groups -OCH3 is 2. The van der Waals surface area contributed by atoms with E-state index in [0.29, 0.717) is 47.1 Å². The van der Waals surface area contributed by atoms with Gasteiger partial charge in [-0.3, -0.25) is 9.89 Å². The Hall–Kier alpha value is -3.11. The van der Waals surface area contributed by atoms with Crippen LogP contribution in [0.5, 0.6) is 11.5 Å². The average molecular weight is 399 g/mol. The van der Waals surface area contributed by atoms with Gasteiger partial charge in [-0.1, -0.05) is 0 Å². The predicted molar refractivity (Wildman–Crippen MR) is 109 cm³/mol. The van der Waals surface area contributed by atoms with Crippen molar-refractivity contribution < 1.29 is 14.3 Å². The molecule has 0 atom stereocenters. The average Bonchev–Trinajstić information content (AvgIpc) is 3.35. The molecule has 29 heavy (non-hydrogen) atoms. The minimum Gasteiger partial charge on any atom is -0.493 e. The molecule has 0 aliphatic heterocycles. The van der Waals surface area contributed by atoms with Crippen LogP contribution in [0.3, 0.4) is 0 Å². The first kappa shape index (κ1) is 19.2. The van der Waals surface area contributed by atoms with Crippen molar-refractivity contribution in [3.8, 4) is 23.0 Å². The minimum absolute atomic E-state index is 0.105. The maximum Gasteiger partial charge on any atom is 0.244 e. The molecular weight excluding hydrogens is 374 g/mol. The van der Waals surface area contributed by atoms with Crippen LogP contribution in [0, 0.1) is 0 Å². The molecule has 2 aromatic heterocycles. The van der Waals surface area contributed by atoms with E-state index in [0.717, 1.165) is 18.4 Å². The summed E-state index contributed by atoms with van der Waals surface area (Å²) in [5.74, 6) is 1.43. The van der Waals surface area contributed by atoms with Gasteiger partial charge in [-0.15, -0.1) is 0 Å². The van der Waals surface area contributed by atoms with E-state index in [4.69, 9.17) is 20.9 Å². The van der Waals surface area contributed by atoms with Crippen molar-refractivity contribution in [2.45, 2.75) is 37.3 Å². The highest BCUT2D eigenvalue weighted by Gasteiger charge is 2.38. The second-order valence-corrected chi connectivity index (χ2v) is 7.40. The number of hydrogen-bond acceptors (Lipinski definition) is 7. The number of imidazole rings is 1. The number of anilines is 1. The van der Waals surface area contributed by atoms with E-state index in [9.17, 15) is 4.79 Å². The van der Waals surface area contributed by atoms with E-state index < -0.39 is 5.54 Å². The summed E-state index contributed by atoms with van der Waals surface area (Å²) in [5.41, 5.74) is 13.8. The van der Waals surface area contributed by atoms with Crippen molar-refractivity contribution in [1.82, 2.24) is 20.2 Å². The zero-order chi connectivity index (χ0) is 20.6. The molecule has 1 aliphatic rings. The van der Waals surface area contributed by atoms with Crippen LogP contribution in [0.1, 0.15) is 25.7 Å². The van der Waals surface area contributed by atoms with E-state index in [-0.39, 0.29) is 11.9 Å². The largest absolute Gasteiger partial charge is 0.493 e. The first-order valence-corrected chi connectivity index (χ1v) is 9.45. The van der Waals surface area contributed by atoms with Crippen LogP contribution in [0.25, 0.3) is 22.6 Å².